The molecule has 0 aliphatic heterocycles. The number of aliphatic hydroxyl groups excluding tert-OH is 1. The molecule has 0 heterocycles. The summed E-state index contributed by atoms with van der Waals surface area (Å²) in [5, 5.41) is 14.1. The number of phosphoric ester groups is 1. The van der Waals surface area contributed by atoms with Crippen LogP contribution in [0.25, 0.3) is 0 Å². The third-order valence-electron chi connectivity index (χ3n) is 13.5. The second-order valence-electron chi connectivity index (χ2n) is 21.4. The van der Waals surface area contributed by atoms with E-state index >= 15 is 0 Å². The van der Waals surface area contributed by atoms with Crippen molar-refractivity contribution in [1.82, 2.24) is 5.32 Å². The number of nitrogens with zero attached hydrogens (tertiary/aromatic N) is 1. The highest BCUT2D eigenvalue weighted by molar-refractivity contribution is 7.47. The van der Waals surface area contributed by atoms with Crippen molar-refractivity contribution in [3.05, 3.63) is 24.3 Å². The van der Waals surface area contributed by atoms with Crippen molar-refractivity contribution >= 4 is 13.7 Å². The fourth-order valence-corrected chi connectivity index (χ4v) is 9.58. The first-order valence-electron chi connectivity index (χ1n) is 29.2. The maximum atomic E-state index is 13.0. The van der Waals surface area contributed by atoms with E-state index in [0.717, 1.165) is 51.4 Å². The summed E-state index contributed by atoms with van der Waals surface area (Å²) in [4.78, 5) is 23.3. The molecule has 3 atom stereocenters. The Morgan fingerprint density at radius 1 is 0.507 bits per heavy atom. The number of carbonyl (C=O) groups is 1. The summed E-state index contributed by atoms with van der Waals surface area (Å²) in [6.07, 6.45) is 62.3. The molecule has 0 saturated heterocycles. The molecular weight excluding hydrogens is 852 g/mol. The summed E-state index contributed by atoms with van der Waals surface area (Å²) in [6.45, 7) is 4.92. The minimum atomic E-state index is -4.32. The van der Waals surface area contributed by atoms with Crippen LogP contribution in [-0.2, 0) is 18.4 Å². The lowest BCUT2D eigenvalue weighted by atomic mass is 10.0. The molecule has 0 rings (SSSR count). The van der Waals surface area contributed by atoms with Gasteiger partial charge in [-0.3, -0.25) is 13.8 Å². The van der Waals surface area contributed by atoms with E-state index in [9.17, 15) is 19.4 Å². The van der Waals surface area contributed by atoms with Gasteiger partial charge < -0.3 is 19.8 Å². The average molecular weight is 969 g/mol. The minimum Gasteiger partial charge on any atom is -0.391 e. The zero-order valence-electron chi connectivity index (χ0n) is 45.4. The van der Waals surface area contributed by atoms with Gasteiger partial charge in [0.1, 0.15) is 13.2 Å². The average Bonchev–Trinajstić information content (AvgIpc) is 3.29. The Morgan fingerprint density at radius 2 is 0.851 bits per heavy atom. The molecule has 0 saturated carbocycles. The minimum absolute atomic E-state index is 0.0741. The van der Waals surface area contributed by atoms with Crippen LogP contribution in [-0.4, -0.2) is 73.4 Å². The topological polar surface area (TPSA) is 105 Å². The molecule has 0 radical (unpaired) electrons. The van der Waals surface area contributed by atoms with Crippen molar-refractivity contribution < 1.29 is 32.9 Å². The van der Waals surface area contributed by atoms with Crippen LogP contribution in [0.1, 0.15) is 290 Å². The van der Waals surface area contributed by atoms with Crippen LogP contribution in [0.5, 0.6) is 0 Å². The van der Waals surface area contributed by atoms with Crippen LogP contribution in [0.15, 0.2) is 24.3 Å². The molecule has 3 N–H and O–H groups in total. The van der Waals surface area contributed by atoms with Gasteiger partial charge in [0.15, 0.2) is 0 Å². The molecule has 0 aliphatic rings. The van der Waals surface area contributed by atoms with E-state index in [-0.39, 0.29) is 19.1 Å². The zero-order chi connectivity index (χ0) is 49.2. The molecular formula is C58H116N2O6P+. The van der Waals surface area contributed by atoms with Crippen molar-refractivity contribution in [2.24, 2.45) is 0 Å². The van der Waals surface area contributed by atoms with Crippen molar-refractivity contribution in [2.75, 3.05) is 40.9 Å². The van der Waals surface area contributed by atoms with Gasteiger partial charge in [-0.1, -0.05) is 263 Å². The van der Waals surface area contributed by atoms with Gasteiger partial charge in [-0.25, -0.2) is 4.57 Å². The number of aliphatic hydroxyl groups is 1. The third-order valence-corrected chi connectivity index (χ3v) is 14.4. The van der Waals surface area contributed by atoms with E-state index in [4.69, 9.17) is 9.05 Å². The second-order valence-corrected chi connectivity index (χ2v) is 22.8. The molecule has 8 nitrogen and oxygen atoms in total. The number of quaternary nitrogens is 1. The molecule has 0 spiro atoms. The van der Waals surface area contributed by atoms with Crippen LogP contribution in [0, 0.1) is 0 Å². The summed E-state index contributed by atoms with van der Waals surface area (Å²) in [5.74, 6) is -0.148. The van der Waals surface area contributed by atoms with E-state index in [1.54, 1.807) is 0 Å². The third kappa shape index (κ3) is 52.6. The Hall–Kier alpha value is -1.02. The zero-order valence-corrected chi connectivity index (χ0v) is 46.3. The first-order valence-corrected chi connectivity index (χ1v) is 30.7. The van der Waals surface area contributed by atoms with Crippen LogP contribution in [0.4, 0.5) is 0 Å². The lowest BCUT2D eigenvalue weighted by Gasteiger charge is -2.26. The molecule has 0 fully saturated rings. The van der Waals surface area contributed by atoms with Crippen LogP contribution in [0.3, 0.4) is 0 Å². The standard InChI is InChI=1S/C58H115N2O6P/c1-6-8-10-12-14-16-18-20-22-24-26-28-30-32-34-36-38-40-42-44-46-48-50-52-58(62)59-56(55-66-67(63,64)65-54-53-60(3,4)5)57(61)51-49-47-45-43-41-39-37-35-33-31-29-27-25-23-21-19-17-15-13-11-9-7-2/h26,28,32,34,56-57,61H,6-25,27,29-31,33,35-55H2,1-5H3,(H-,59,62,63,64)/p+1/b28-26-,34-32-. The first-order chi connectivity index (χ1) is 32.5. The largest absolute Gasteiger partial charge is 0.472 e. The number of rotatable bonds is 54. The number of allylic oxidation sites excluding steroid dienone is 4. The lowest BCUT2D eigenvalue weighted by Crippen LogP contribution is -2.46. The predicted molar refractivity (Wildman–Crippen MR) is 291 cm³/mol. The van der Waals surface area contributed by atoms with E-state index in [0.29, 0.717) is 23.9 Å². The second kappa shape index (κ2) is 49.9. The lowest BCUT2D eigenvalue weighted by molar-refractivity contribution is -0.870. The van der Waals surface area contributed by atoms with Crippen molar-refractivity contribution in [3.8, 4) is 0 Å². The smallest absolute Gasteiger partial charge is 0.391 e. The number of amides is 1. The molecule has 1 amide bonds. The Kier molecular flexibility index (Phi) is 49.2. The van der Waals surface area contributed by atoms with Gasteiger partial charge in [0.05, 0.1) is 39.9 Å². The van der Waals surface area contributed by atoms with Crippen LogP contribution in [0.2, 0.25) is 0 Å². The molecule has 67 heavy (non-hydrogen) atoms. The van der Waals surface area contributed by atoms with Crippen LogP contribution >= 0.6 is 7.82 Å². The fraction of sp³-hybridized carbons (Fsp3) is 0.914. The monoisotopic (exact) mass is 968 g/mol. The predicted octanol–water partition coefficient (Wildman–Crippen LogP) is 17.6. The summed E-state index contributed by atoms with van der Waals surface area (Å²) >= 11 is 0. The van der Waals surface area contributed by atoms with Gasteiger partial charge in [0, 0.05) is 6.42 Å². The van der Waals surface area contributed by atoms with Crippen molar-refractivity contribution in [1.29, 1.82) is 0 Å². The number of hydrogen-bond acceptors (Lipinski definition) is 5. The Morgan fingerprint density at radius 3 is 1.22 bits per heavy atom. The molecule has 9 heteroatoms. The maximum Gasteiger partial charge on any atom is 0.472 e. The highest BCUT2D eigenvalue weighted by Gasteiger charge is 2.28. The number of likely N-dealkylation sites (N-methyl/N-ethyl adjacent to an activating group) is 1. The summed E-state index contributed by atoms with van der Waals surface area (Å²) in [6, 6.07) is -0.764. The van der Waals surface area contributed by atoms with Gasteiger partial charge >= 0.3 is 7.82 Å². The van der Waals surface area contributed by atoms with Gasteiger partial charge in [-0.05, 0) is 44.9 Å². The van der Waals surface area contributed by atoms with Crippen molar-refractivity contribution in [3.63, 3.8) is 0 Å². The Bertz CT molecular complexity index is 1140. The number of phosphoric acid groups is 1. The molecule has 0 aromatic heterocycles. The maximum absolute atomic E-state index is 13.0. The quantitative estimate of drug-likeness (QED) is 0.0243. The van der Waals surface area contributed by atoms with E-state index < -0.39 is 20.0 Å². The molecule has 0 aromatic carbocycles. The molecule has 0 aromatic rings. The molecule has 398 valence electrons. The molecule has 3 unspecified atom stereocenters. The Balaban J connectivity index is 4.18. The number of hydrogen-bond donors (Lipinski definition) is 3. The fourth-order valence-electron chi connectivity index (χ4n) is 8.84. The number of unbranched alkanes of at least 4 members (excludes halogenated alkanes) is 37. The highest BCUT2D eigenvalue weighted by Crippen LogP contribution is 2.43. The molecule has 0 aliphatic carbocycles. The van der Waals surface area contributed by atoms with Gasteiger partial charge in [0.2, 0.25) is 5.91 Å². The van der Waals surface area contributed by atoms with Gasteiger partial charge in [-0.15, -0.1) is 0 Å². The number of nitrogens with one attached hydrogen (secondary N) is 1. The number of carbonyl (C=O) groups excluding carboxylic acids is 1. The molecule has 0 bridgehead atoms. The van der Waals surface area contributed by atoms with E-state index in [2.05, 4.69) is 43.5 Å². The Labute approximate surface area is 417 Å². The highest BCUT2D eigenvalue weighted by atomic mass is 31.2. The van der Waals surface area contributed by atoms with Gasteiger partial charge in [-0.2, -0.15) is 0 Å². The normalized spacial score (nSPS) is 14.1. The summed E-state index contributed by atoms with van der Waals surface area (Å²) < 4.78 is 23.8. The van der Waals surface area contributed by atoms with E-state index in [1.165, 1.54) is 212 Å². The van der Waals surface area contributed by atoms with Gasteiger partial charge in [0.25, 0.3) is 0 Å². The SMILES string of the molecule is CCCCCCCCCCC/C=C\C/C=C\CCCCCCCCCC(=O)NC(COP(=O)(O)OCC[N+](C)(C)C)C(O)CCCCCCCCCCCCCCCCCCCCCCCC. The van der Waals surface area contributed by atoms with Crippen LogP contribution < -0.4 is 5.32 Å². The summed E-state index contributed by atoms with van der Waals surface area (Å²) in [5.41, 5.74) is 0. The summed E-state index contributed by atoms with van der Waals surface area (Å²) in [7, 11) is 1.62. The van der Waals surface area contributed by atoms with E-state index in [1.807, 2.05) is 21.1 Å². The first kappa shape index (κ1) is 66.0. The van der Waals surface area contributed by atoms with Crippen molar-refractivity contribution in [2.45, 2.75) is 302 Å².